The SMILES string of the molecule is CC(C)(C)OC(=O)N1CCC[C@H]1CO.CC[C@@H]1CCCN1. The first-order valence-electron chi connectivity index (χ1n) is 8.21. The lowest BCUT2D eigenvalue weighted by atomic mass is 10.2. The van der Waals surface area contributed by atoms with Crippen LogP contribution in [-0.4, -0.2) is 53.5 Å². The Labute approximate surface area is 129 Å². The molecule has 0 unspecified atom stereocenters. The third-order valence-electron chi connectivity index (χ3n) is 3.87. The molecule has 0 aromatic heterocycles. The number of aliphatic hydroxyl groups is 1. The number of nitrogens with zero attached hydrogens (tertiary/aromatic N) is 1. The van der Waals surface area contributed by atoms with Gasteiger partial charge in [0.15, 0.2) is 0 Å². The van der Waals surface area contributed by atoms with Gasteiger partial charge < -0.3 is 20.1 Å². The van der Waals surface area contributed by atoms with Crippen molar-refractivity contribution < 1.29 is 14.6 Å². The topological polar surface area (TPSA) is 61.8 Å². The van der Waals surface area contributed by atoms with Crippen LogP contribution in [0.2, 0.25) is 0 Å². The second kappa shape index (κ2) is 8.59. The van der Waals surface area contributed by atoms with E-state index in [2.05, 4.69) is 12.2 Å². The lowest BCUT2D eigenvalue weighted by molar-refractivity contribution is 0.0176. The van der Waals surface area contributed by atoms with E-state index in [9.17, 15) is 4.79 Å². The standard InChI is InChI=1S/C10H19NO3.C6H13N/c1-10(2,3)14-9(13)11-6-4-5-8(11)7-12;1-2-6-4-3-5-7-6/h8,12H,4-7H2,1-3H3;6-7H,2-5H2,1H3/t8-;6-/m01/s1. The Morgan fingerprint density at radius 3 is 2.48 bits per heavy atom. The van der Waals surface area contributed by atoms with Crippen LogP contribution in [-0.2, 0) is 4.74 Å². The minimum Gasteiger partial charge on any atom is -0.444 e. The minimum atomic E-state index is -0.459. The van der Waals surface area contributed by atoms with Crippen LogP contribution >= 0.6 is 0 Å². The number of nitrogens with one attached hydrogen (secondary N) is 1. The molecule has 2 N–H and O–H groups in total. The van der Waals surface area contributed by atoms with Crippen molar-refractivity contribution in [2.24, 2.45) is 0 Å². The molecular weight excluding hydrogens is 268 g/mol. The van der Waals surface area contributed by atoms with Crippen molar-refractivity contribution in [1.29, 1.82) is 0 Å². The predicted octanol–water partition coefficient (Wildman–Crippen LogP) is 2.53. The molecule has 0 aromatic rings. The number of carbonyl (C=O) groups excluding carboxylic acids is 1. The van der Waals surface area contributed by atoms with Crippen LogP contribution in [0, 0.1) is 0 Å². The highest BCUT2D eigenvalue weighted by atomic mass is 16.6. The number of aliphatic hydroxyl groups excluding tert-OH is 1. The molecule has 2 heterocycles. The molecule has 2 saturated heterocycles. The quantitative estimate of drug-likeness (QED) is 0.822. The highest BCUT2D eigenvalue weighted by Gasteiger charge is 2.31. The van der Waals surface area contributed by atoms with E-state index in [4.69, 9.17) is 9.84 Å². The van der Waals surface area contributed by atoms with Gasteiger partial charge in [-0.3, -0.25) is 0 Å². The molecule has 21 heavy (non-hydrogen) atoms. The number of hydrogen-bond donors (Lipinski definition) is 2. The molecule has 0 bridgehead atoms. The summed E-state index contributed by atoms with van der Waals surface area (Å²) >= 11 is 0. The molecular formula is C16H32N2O3. The van der Waals surface area contributed by atoms with E-state index in [1.165, 1.54) is 25.8 Å². The lowest BCUT2D eigenvalue weighted by Crippen LogP contribution is -2.41. The molecule has 0 saturated carbocycles. The van der Waals surface area contributed by atoms with Gasteiger partial charge in [-0.25, -0.2) is 4.79 Å². The Bertz CT molecular complexity index is 309. The lowest BCUT2D eigenvalue weighted by Gasteiger charge is -2.27. The van der Waals surface area contributed by atoms with Crippen molar-refractivity contribution in [3.63, 3.8) is 0 Å². The number of ether oxygens (including phenoxy) is 1. The highest BCUT2D eigenvalue weighted by Crippen LogP contribution is 2.20. The van der Waals surface area contributed by atoms with Crippen molar-refractivity contribution in [1.82, 2.24) is 10.2 Å². The second-order valence-electron chi connectivity index (χ2n) is 6.85. The summed E-state index contributed by atoms with van der Waals surface area (Å²) in [5.41, 5.74) is -0.459. The van der Waals surface area contributed by atoms with Gasteiger partial charge >= 0.3 is 6.09 Å². The van der Waals surface area contributed by atoms with Gasteiger partial charge in [-0.05, 0) is 59.4 Å². The van der Waals surface area contributed by atoms with Crippen LogP contribution in [0.15, 0.2) is 0 Å². The van der Waals surface area contributed by atoms with Crippen molar-refractivity contribution in [3.8, 4) is 0 Å². The Hall–Kier alpha value is -0.810. The molecule has 0 aromatic carbocycles. The first-order chi connectivity index (χ1) is 9.87. The Morgan fingerprint density at radius 2 is 2.05 bits per heavy atom. The maximum Gasteiger partial charge on any atom is 0.410 e. The average molecular weight is 300 g/mol. The van der Waals surface area contributed by atoms with Crippen molar-refractivity contribution >= 4 is 6.09 Å². The van der Waals surface area contributed by atoms with Gasteiger partial charge in [0, 0.05) is 12.6 Å². The molecule has 2 aliphatic rings. The summed E-state index contributed by atoms with van der Waals surface area (Å²) in [4.78, 5) is 13.2. The van der Waals surface area contributed by atoms with Crippen LogP contribution in [0.25, 0.3) is 0 Å². The zero-order valence-electron chi connectivity index (χ0n) is 14.0. The molecule has 2 atom stereocenters. The largest absolute Gasteiger partial charge is 0.444 e. The summed E-state index contributed by atoms with van der Waals surface area (Å²) < 4.78 is 5.23. The third-order valence-corrected chi connectivity index (χ3v) is 3.87. The van der Waals surface area contributed by atoms with Crippen molar-refractivity contribution in [3.05, 3.63) is 0 Å². The third kappa shape index (κ3) is 6.66. The number of hydrogen-bond acceptors (Lipinski definition) is 4. The Kier molecular flexibility index (Phi) is 7.46. The van der Waals surface area contributed by atoms with Crippen LogP contribution in [0.4, 0.5) is 4.79 Å². The average Bonchev–Trinajstić information content (AvgIpc) is 3.08. The summed E-state index contributed by atoms with van der Waals surface area (Å²) in [7, 11) is 0. The maximum atomic E-state index is 11.6. The van der Waals surface area contributed by atoms with Crippen LogP contribution in [0.5, 0.6) is 0 Å². The molecule has 5 heteroatoms. The molecule has 0 radical (unpaired) electrons. The van der Waals surface area contributed by atoms with Crippen LogP contribution in [0.1, 0.15) is 59.8 Å². The summed E-state index contributed by atoms with van der Waals surface area (Å²) in [5.74, 6) is 0. The Balaban J connectivity index is 0.000000262. The smallest absolute Gasteiger partial charge is 0.410 e. The van der Waals surface area contributed by atoms with Gasteiger partial charge in [0.2, 0.25) is 0 Å². The zero-order chi connectivity index (χ0) is 15.9. The van der Waals surface area contributed by atoms with Gasteiger partial charge in [0.25, 0.3) is 0 Å². The monoisotopic (exact) mass is 300 g/mol. The van der Waals surface area contributed by atoms with Gasteiger partial charge in [-0.15, -0.1) is 0 Å². The van der Waals surface area contributed by atoms with Crippen molar-refractivity contribution in [2.75, 3.05) is 19.7 Å². The number of carbonyl (C=O) groups is 1. The number of likely N-dealkylation sites (tertiary alicyclic amines) is 1. The zero-order valence-corrected chi connectivity index (χ0v) is 14.0. The predicted molar refractivity (Wildman–Crippen MR) is 84.4 cm³/mol. The van der Waals surface area contributed by atoms with E-state index in [-0.39, 0.29) is 18.7 Å². The van der Waals surface area contributed by atoms with E-state index in [0.717, 1.165) is 18.9 Å². The molecule has 5 nitrogen and oxygen atoms in total. The van der Waals surface area contributed by atoms with E-state index >= 15 is 0 Å². The molecule has 0 spiro atoms. The first-order valence-corrected chi connectivity index (χ1v) is 8.21. The van der Waals surface area contributed by atoms with Gasteiger partial charge in [-0.2, -0.15) is 0 Å². The van der Waals surface area contributed by atoms with Crippen LogP contribution < -0.4 is 5.32 Å². The number of rotatable bonds is 2. The second-order valence-corrected chi connectivity index (χ2v) is 6.85. The molecule has 1 amide bonds. The maximum absolute atomic E-state index is 11.6. The fourth-order valence-electron chi connectivity index (χ4n) is 2.69. The normalized spacial score (nSPS) is 25.5. The fraction of sp³-hybridized carbons (Fsp3) is 0.938. The van der Waals surface area contributed by atoms with E-state index < -0.39 is 5.60 Å². The highest BCUT2D eigenvalue weighted by molar-refractivity contribution is 5.68. The Morgan fingerprint density at radius 1 is 1.33 bits per heavy atom. The fourth-order valence-corrected chi connectivity index (χ4v) is 2.69. The summed E-state index contributed by atoms with van der Waals surface area (Å²) in [5, 5.41) is 12.4. The summed E-state index contributed by atoms with van der Waals surface area (Å²) in [6.45, 7) is 9.74. The van der Waals surface area contributed by atoms with Gasteiger partial charge in [0.1, 0.15) is 5.60 Å². The molecule has 124 valence electrons. The summed E-state index contributed by atoms with van der Waals surface area (Å²) in [6.07, 6.45) is 5.60. The van der Waals surface area contributed by atoms with E-state index in [1.54, 1.807) is 4.90 Å². The number of amides is 1. The summed E-state index contributed by atoms with van der Waals surface area (Å²) in [6, 6.07) is 0.796. The molecule has 0 aliphatic carbocycles. The molecule has 2 fully saturated rings. The first kappa shape index (κ1) is 18.2. The van der Waals surface area contributed by atoms with Gasteiger partial charge in [0.05, 0.1) is 12.6 Å². The molecule has 2 rings (SSSR count). The van der Waals surface area contributed by atoms with E-state index in [0.29, 0.717) is 6.54 Å². The van der Waals surface area contributed by atoms with E-state index in [1.807, 2.05) is 20.8 Å². The minimum absolute atomic E-state index is 0.0270. The van der Waals surface area contributed by atoms with Crippen molar-refractivity contribution in [2.45, 2.75) is 77.5 Å². The van der Waals surface area contributed by atoms with Crippen LogP contribution in [0.3, 0.4) is 0 Å². The molecule has 2 aliphatic heterocycles. The van der Waals surface area contributed by atoms with Gasteiger partial charge in [-0.1, -0.05) is 6.92 Å².